The number of rotatable bonds is 7. The molecule has 0 aliphatic rings. The summed E-state index contributed by atoms with van der Waals surface area (Å²) in [4.78, 5) is 2.19. The van der Waals surface area contributed by atoms with E-state index in [2.05, 4.69) is 47.1 Å². The zero-order valence-electron chi connectivity index (χ0n) is 13.0. The van der Waals surface area contributed by atoms with Crippen molar-refractivity contribution in [2.75, 3.05) is 20.6 Å². The fourth-order valence-corrected chi connectivity index (χ4v) is 2.70. The summed E-state index contributed by atoms with van der Waals surface area (Å²) >= 11 is 3.56. The van der Waals surface area contributed by atoms with E-state index in [1.807, 2.05) is 6.07 Å². The zero-order valence-corrected chi connectivity index (χ0v) is 14.6. The average Bonchev–Trinajstić information content (AvgIpc) is 2.48. The summed E-state index contributed by atoms with van der Waals surface area (Å²) in [6.07, 6.45) is 2.18. The van der Waals surface area contributed by atoms with Crippen LogP contribution in [-0.2, 0) is 13.0 Å². The Bertz CT molecular complexity index is 599. The van der Waals surface area contributed by atoms with Crippen LogP contribution in [-0.4, -0.2) is 25.5 Å². The maximum Gasteiger partial charge on any atom is 0.134 e. The molecule has 0 saturated carbocycles. The number of nitrogens with zero attached hydrogens (tertiary/aromatic N) is 1. The van der Waals surface area contributed by atoms with Gasteiger partial charge in [-0.05, 0) is 84.8 Å². The van der Waals surface area contributed by atoms with Crippen LogP contribution in [0, 0.1) is 5.82 Å². The first-order valence-corrected chi connectivity index (χ1v) is 8.14. The van der Waals surface area contributed by atoms with Gasteiger partial charge in [0.25, 0.3) is 0 Å². The van der Waals surface area contributed by atoms with E-state index in [1.54, 1.807) is 12.1 Å². The van der Waals surface area contributed by atoms with Crippen molar-refractivity contribution in [1.82, 2.24) is 4.90 Å². The van der Waals surface area contributed by atoms with Crippen LogP contribution in [0.1, 0.15) is 17.5 Å². The Morgan fingerprint density at radius 2 is 1.73 bits per heavy atom. The lowest BCUT2D eigenvalue weighted by atomic mass is 10.1. The summed E-state index contributed by atoms with van der Waals surface area (Å²) < 4.78 is 19.6. The molecule has 0 saturated heterocycles. The first-order valence-electron chi connectivity index (χ1n) is 7.35. The molecule has 0 atom stereocenters. The minimum absolute atomic E-state index is 0.230. The molecule has 0 unspecified atom stereocenters. The maximum absolute atomic E-state index is 12.9. The van der Waals surface area contributed by atoms with Crippen molar-refractivity contribution >= 4 is 15.9 Å². The van der Waals surface area contributed by atoms with Gasteiger partial charge in [0.15, 0.2) is 0 Å². The Labute approximate surface area is 140 Å². The van der Waals surface area contributed by atoms with Crippen molar-refractivity contribution in [2.24, 2.45) is 0 Å². The van der Waals surface area contributed by atoms with Gasteiger partial charge in [-0.3, -0.25) is 0 Å². The smallest absolute Gasteiger partial charge is 0.134 e. The third-order valence-corrected chi connectivity index (χ3v) is 3.99. The number of hydrogen-bond acceptors (Lipinski definition) is 2. The van der Waals surface area contributed by atoms with Gasteiger partial charge in [-0.1, -0.05) is 18.2 Å². The first kappa shape index (κ1) is 17.0. The van der Waals surface area contributed by atoms with E-state index in [0.29, 0.717) is 6.61 Å². The highest BCUT2D eigenvalue weighted by Gasteiger charge is 2.04. The molecule has 2 aromatic rings. The van der Waals surface area contributed by atoms with Crippen LogP contribution >= 0.6 is 15.9 Å². The van der Waals surface area contributed by atoms with E-state index < -0.39 is 0 Å². The van der Waals surface area contributed by atoms with Crippen molar-refractivity contribution in [3.05, 3.63) is 63.9 Å². The number of aryl methyl sites for hydroxylation is 1. The van der Waals surface area contributed by atoms with Crippen molar-refractivity contribution < 1.29 is 9.13 Å². The Balaban J connectivity index is 1.90. The minimum Gasteiger partial charge on any atom is -0.488 e. The lowest BCUT2D eigenvalue weighted by Crippen LogP contribution is -2.13. The minimum atomic E-state index is -0.230. The molecule has 0 bridgehead atoms. The third kappa shape index (κ3) is 5.43. The number of ether oxygens (including phenoxy) is 1. The van der Waals surface area contributed by atoms with E-state index in [1.165, 1.54) is 17.7 Å². The number of hydrogen-bond donors (Lipinski definition) is 0. The van der Waals surface area contributed by atoms with Crippen molar-refractivity contribution in [2.45, 2.75) is 19.4 Å². The standard InChI is InChI=1S/C18H21BrFNO/c1-21(2)11-3-4-14-7-10-18(17(19)12-14)22-13-15-5-8-16(20)9-6-15/h5-10,12H,3-4,11,13H2,1-2H3. The topological polar surface area (TPSA) is 12.5 Å². The summed E-state index contributed by atoms with van der Waals surface area (Å²) in [5.41, 5.74) is 2.24. The second-order valence-electron chi connectivity index (χ2n) is 5.59. The number of benzene rings is 2. The second kappa shape index (κ2) is 8.30. The van der Waals surface area contributed by atoms with Gasteiger partial charge < -0.3 is 9.64 Å². The molecule has 0 aliphatic heterocycles. The van der Waals surface area contributed by atoms with E-state index in [4.69, 9.17) is 4.74 Å². The Morgan fingerprint density at radius 1 is 1.05 bits per heavy atom. The molecular formula is C18H21BrFNO. The lowest BCUT2D eigenvalue weighted by molar-refractivity contribution is 0.304. The molecule has 0 spiro atoms. The van der Waals surface area contributed by atoms with Crippen LogP contribution in [0.25, 0.3) is 0 Å². The summed E-state index contributed by atoms with van der Waals surface area (Å²) in [7, 11) is 4.17. The Kier molecular flexibility index (Phi) is 6.40. The van der Waals surface area contributed by atoms with Gasteiger partial charge in [-0.25, -0.2) is 4.39 Å². The van der Waals surface area contributed by atoms with Crippen molar-refractivity contribution in [3.63, 3.8) is 0 Å². The summed E-state index contributed by atoms with van der Waals surface area (Å²) in [5, 5.41) is 0. The summed E-state index contributed by atoms with van der Waals surface area (Å²) in [6.45, 7) is 1.51. The highest BCUT2D eigenvalue weighted by atomic mass is 79.9. The zero-order chi connectivity index (χ0) is 15.9. The molecule has 118 valence electrons. The molecule has 0 N–H and O–H groups in total. The molecular weight excluding hydrogens is 345 g/mol. The quantitative estimate of drug-likeness (QED) is 0.707. The second-order valence-corrected chi connectivity index (χ2v) is 6.44. The first-order chi connectivity index (χ1) is 10.5. The van der Waals surface area contributed by atoms with E-state index in [0.717, 1.165) is 35.2 Å². The van der Waals surface area contributed by atoms with Crippen LogP contribution < -0.4 is 4.74 Å². The fourth-order valence-electron chi connectivity index (χ4n) is 2.16. The fraction of sp³-hybridized carbons (Fsp3) is 0.333. The largest absolute Gasteiger partial charge is 0.488 e. The maximum atomic E-state index is 12.9. The van der Waals surface area contributed by atoms with Crippen LogP contribution in [0.15, 0.2) is 46.9 Å². The van der Waals surface area contributed by atoms with Crippen LogP contribution in [0.4, 0.5) is 4.39 Å². The SMILES string of the molecule is CN(C)CCCc1ccc(OCc2ccc(F)cc2)c(Br)c1. The van der Waals surface area contributed by atoms with Crippen LogP contribution in [0.2, 0.25) is 0 Å². The molecule has 0 fully saturated rings. The molecule has 0 aliphatic carbocycles. The molecule has 0 aromatic heterocycles. The van der Waals surface area contributed by atoms with Crippen molar-refractivity contribution in [3.8, 4) is 5.75 Å². The lowest BCUT2D eigenvalue weighted by Gasteiger charge is -2.11. The molecule has 2 nitrogen and oxygen atoms in total. The van der Waals surface area contributed by atoms with Gasteiger partial charge in [0.2, 0.25) is 0 Å². The molecule has 2 aromatic carbocycles. The molecule has 0 radical (unpaired) electrons. The van der Waals surface area contributed by atoms with Crippen molar-refractivity contribution in [1.29, 1.82) is 0 Å². The van der Waals surface area contributed by atoms with Gasteiger partial charge in [0, 0.05) is 0 Å². The van der Waals surface area contributed by atoms with Gasteiger partial charge in [-0.15, -0.1) is 0 Å². The monoisotopic (exact) mass is 365 g/mol. The summed E-state index contributed by atoms with van der Waals surface area (Å²) in [6, 6.07) is 12.6. The van der Waals surface area contributed by atoms with E-state index >= 15 is 0 Å². The molecule has 0 heterocycles. The van der Waals surface area contributed by atoms with Gasteiger partial charge in [0.05, 0.1) is 4.47 Å². The van der Waals surface area contributed by atoms with Gasteiger partial charge in [-0.2, -0.15) is 0 Å². The highest BCUT2D eigenvalue weighted by molar-refractivity contribution is 9.10. The predicted octanol–water partition coefficient (Wildman–Crippen LogP) is 4.66. The third-order valence-electron chi connectivity index (χ3n) is 3.37. The van der Waals surface area contributed by atoms with Gasteiger partial charge >= 0.3 is 0 Å². The summed E-state index contributed by atoms with van der Waals surface area (Å²) in [5.74, 6) is 0.577. The molecule has 22 heavy (non-hydrogen) atoms. The van der Waals surface area contributed by atoms with Crippen LogP contribution in [0.5, 0.6) is 5.75 Å². The molecule has 0 amide bonds. The van der Waals surface area contributed by atoms with E-state index in [9.17, 15) is 4.39 Å². The predicted molar refractivity (Wildman–Crippen MR) is 91.7 cm³/mol. The Hall–Kier alpha value is -1.39. The molecule has 4 heteroatoms. The normalized spacial score (nSPS) is 11.0. The Morgan fingerprint density at radius 3 is 2.36 bits per heavy atom. The van der Waals surface area contributed by atoms with Gasteiger partial charge in [0.1, 0.15) is 18.2 Å². The van der Waals surface area contributed by atoms with Crippen LogP contribution in [0.3, 0.4) is 0 Å². The highest BCUT2D eigenvalue weighted by Crippen LogP contribution is 2.27. The molecule has 2 rings (SSSR count). The number of halogens is 2. The average molecular weight is 366 g/mol. The van der Waals surface area contributed by atoms with E-state index in [-0.39, 0.29) is 5.82 Å².